The summed E-state index contributed by atoms with van der Waals surface area (Å²) in [5.74, 6) is 0.301. The van der Waals surface area contributed by atoms with E-state index >= 15 is 0 Å². The maximum absolute atomic E-state index is 12.9. The van der Waals surface area contributed by atoms with Crippen LogP contribution in [0.3, 0.4) is 0 Å². The first-order valence-corrected chi connectivity index (χ1v) is 14.9. The van der Waals surface area contributed by atoms with Crippen molar-refractivity contribution in [1.29, 1.82) is 5.41 Å². The Bertz CT molecular complexity index is 1640. The fraction of sp³-hybridized carbons (Fsp3) is 0.333. The average Bonchev–Trinajstić information content (AvgIpc) is 3.70. The minimum atomic E-state index is -0.833. The molecule has 250 valence electrons. The highest BCUT2D eigenvalue weighted by atomic mass is 16.5. The summed E-state index contributed by atoms with van der Waals surface area (Å²) in [5.41, 5.74) is 7.84. The van der Waals surface area contributed by atoms with E-state index in [1.54, 1.807) is 25.4 Å². The van der Waals surface area contributed by atoms with E-state index in [1.165, 1.54) is 17.5 Å². The van der Waals surface area contributed by atoms with Crippen molar-refractivity contribution in [3.05, 3.63) is 99.9 Å². The standard InChI is InChI=1S/C29H33N7O3.2C2H4O2/c1-38-25-19-22(11-12-24(25)39-17-16-35-14-4-5-15-35)23(18-20-7-9-21(10-8-20)27(30)31)28-33-29(37)36(34-28)26-6-2-3-13-32-26;2*1-2(3)4/h2-3,6-13,19,23H,4-5,14-18H2,1H3,(H3,30,31)(H,33,34,37);2*1H3,(H,3,4). The number of pyridine rings is 1. The van der Waals surface area contributed by atoms with Gasteiger partial charge in [-0.3, -0.25) is 24.9 Å². The van der Waals surface area contributed by atoms with Gasteiger partial charge < -0.3 is 25.4 Å². The number of ether oxygens (including phenoxy) is 2. The van der Waals surface area contributed by atoms with E-state index in [-0.39, 0.29) is 17.4 Å². The van der Waals surface area contributed by atoms with Crippen LogP contribution in [0.5, 0.6) is 11.5 Å². The first-order chi connectivity index (χ1) is 22.5. The zero-order valence-electron chi connectivity index (χ0n) is 26.7. The van der Waals surface area contributed by atoms with Gasteiger partial charge in [0.15, 0.2) is 17.3 Å². The number of nitrogen functional groups attached to an aromatic ring is 1. The van der Waals surface area contributed by atoms with Crippen LogP contribution in [-0.4, -0.2) is 86.0 Å². The van der Waals surface area contributed by atoms with Crippen molar-refractivity contribution < 1.29 is 29.3 Å². The molecule has 0 aliphatic carbocycles. The van der Waals surface area contributed by atoms with Crippen LogP contribution >= 0.6 is 0 Å². The number of rotatable bonds is 11. The number of hydrogen-bond acceptors (Lipinski definition) is 9. The number of hydrogen-bond donors (Lipinski definition) is 5. The number of nitrogens with two attached hydrogens (primary N) is 1. The molecule has 0 radical (unpaired) electrons. The zero-order chi connectivity index (χ0) is 34.3. The normalized spacial score (nSPS) is 12.9. The third-order valence-electron chi connectivity index (χ3n) is 6.99. The van der Waals surface area contributed by atoms with Crippen LogP contribution in [0, 0.1) is 5.41 Å². The van der Waals surface area contributed by atoms with E-state index in [1.807, 2.05) is 48.5 Å². The van der Waals surface area contributed by atoms with Gasteiger partial charge in [0, 0.05) is 38.1 Å². The number of carboxylic acid groups (broad SMARTS) is 2. The van der Waals surface area contributed by atoms with Gasteiger partial charge in [0.1, 0.15) is 18.3 Å². The summed E-state index contributed by atoms with van der Waals surface area (Å²) in [5, 5.41) is 27.1. The minimum absolute atomic E-state index is 0.0154. The number of likely N-dealkylation sites (tertiary alicyclic amines) is 1. The summed E-state index contributed by atoms with van der Waals surface area (Å²) in [4.78, 5) is 40.5. The number of carboxylic acids is 2. The third-order valence-corrected chi connectivity index (χ3v) is 6.99. The molecule has 5 rings (SSSR count). The third kappa shape index (κ3) is 11.4. The Morgan fingerprint density at radius 1 is 1.02 bits per heavy atom. The summed E-state index contributed by atoms with van der Waals surface area (Å²) >= 11 is 0. The Labute approximate surface area is 272 Å². The molecule has 1 atom stereocenters. The average molecular weight is 648 g/mol. The molecule has 1 aliphatic heterocycles. The van der Waals surface area contributed by atoms with E-state index in [9.17, 15) is 4.79 Å². The Hall–Kier alpha value is -5.50. The van der Waals surface area contributed by atoms with Crippen LogP contribution in [0.1, 0.15) is 55.1 Å². The van der Waals surface area contributed by atoms with Gasteiger partial charge >= 0.3 is 5.69 Å². The van der Waals surface area contributed by atoms with E-state index in [4.69, 9.17) is 40.4 Å². The number of aromatic amines is 1. The number of methoxy groups -OCH3 is 1. The Kier molecular flexibility index (Phi) is 13.7. The molecular weight excluding hydrogens is 606 g/mol. The lowest BCUT2D eigenvalue weighted by Crippen LogP contribution is -2.25. The number of benzene rings is 2. The summed E-state index contributed by atoms with van der Waals surface area (Å²) in [6.07, 6.45) is 4.66. The minimum Gasteiger partial charge on any atom is -0.493 e. The summed E-state index contributed by atoms with van der Waals surface area (Å²) in [7, 11) is 1.62. The van der Waals surface area contributed by atoms with Crippen LogP contribution in [0.25, 0.3) is 5.82 Å². The lowest BCUT2D eigenvalue weighted by molar-refractivity contribution is -0.135. The highest BCUT2D eigenvalue weighted by molar-refractivity contribution is 5.94. The number of aliphatic carboxylic acids is 2. The molecule has 2 aromatic carbocycles. The van der Waals surface area contributed by atoms with E-state index < -0.39 is 11.9 Å². The molecule has 6 N–H and O–H groups in total. The van der Waals surface area contributed by atoms with E-state index in [2.05, 4.69) is 20.0 Å². The van der Waals surface area contributed by atoms with Crippen molar-refractivity contribution >= 4 is 17.8 Å². The van der Waals surface area contributed by atoms with Crippen molar-refractivity contribution in [1.82, 2.24) is 24.6 Å². The van der Waals surface area contributed by atoms with Crippen molar-refractivity contribution in [2.24, 2.45) is 5.73 Å². The maximum Gasteiger partial charge on any atom is 0.349 e. The first-order valence-electron chi connectivity index (χ1n) is 14.9. The number of nitrogens with one attached hydrogen (secondary N) is 2. The predicted molar refractivity (Wildman–Crippen MR) is 176 cm³/mol. The monoisotopic (exact) mass is 647 g/mol. The lowest BCUT2D eigenvalue weighted by atomic mass is 9.90. The van der Waals surface area contributed by atoms with Gasteiger partial charge in [-0.1, -0.05) is 36.4 Å². The van der Waals surface area contributed by atoms with E-state index in [0.717, 1.165) is 44.6 Å². The molecule has 3 heterocycles. The van der Waals surface area contributed by atoms with Gasteiger partial charge in [-0.05, 0) is 67.7 Å². The van der Waals surface area contributed by atoms with Gasteiger partial charge in [-0.15, -0.1) is 5.10 Å². The molecule has 14 nitrogen and oxygen atoms in total. The molecule has 1 aliphatic rings. The number of amidine groups is 1. The molecular formula is C33H41N7O7. The van der Waals surface area contributed by atoms with Gasteiger partial charge in [-0.25, -0.2) is 9.78 Å². The van der Waals surface area contributed by atoms with Crippen LogP contribution in [-0.2, 0) is 16.0 Å². The Morgan fingerprint density at radius 3 is 2.26 bits per heavy atom. The Balaban J connectivity index is 0.000000676. The zero-order valence-corrected chi connectivity index (χ0v) is 26.7. The van der Waals surface area contributed by atoms with Gasteiger partial charge in [-0.2, -0.15) is 4.68 Å². The second kappa shape index (κ2) is 17.8. The second-order valence-electron chi connectivity index (χ2n) is 10.6. The van der Waals surface area contributed by atoms with Crippen molar-refractivity contribution in [3.63, 3.8) is 0 Å². The number of carbonyl (C=O) groups is 2. The molecule has 14 heteroatoms. The summed E-state index contributed by atoms with van der Waals surface area (Å²) < 4.78 is 13.1. The molecule has 47 heavy (non-hydrogen) atoms. The van der Waals surface area contributed by atoms with Crippen molar-refractivity contribution in [2.75, 3.05) is 33.4 Å². The fourth-order valence-corrected chi connectivity index (χ4v) is 4.87. The largest absolute Gasteiger partial charge is 0.493 e. The topological polar surface area (TPSA) is 210 Å². The lowest BCUT2D eigenvalue weighted by Gasteiger charge is -2.19. The van der Waals surface area contributed by atoms with Gasteiger partial charge in [0.25, 0.3) is 11.9 Å². The maximum atomic E-state index is 12.9. The first kappa shape index (κ1) is 36.0. The quantitative estimate of drug-likeness (QED) is 0.118. The summed E-state index contributed by atoms with van der Waals surface area (Å²) in [6.45, 7) is 5.88. The van der Waals surface area contributed by atoms with Gasteiger partial charge in [0.2, 0.25) is 0 Å². The number of nitrogens with zero attached hydrogens (tertiary/aromatic N) is 4. The molecule has 1 unspecified atom stereocenters. The second-order valence-corrected chi connectivity index (χ2v) is 10.6. The van der Waals surface area contributed by atoms with Crippen LogP contribution < -0.4 is 20.9 Å². The molecule has 0 bridgehead atoms. The number of H-pyrrole nitrogens is 1. The van der Waals surface area contributed by atoms with Crippen LogP contribution in [0.15, 0.2) is 71.7 Å². The smallest absolute Gasteiger partial charge is 0.349 e. The number of aromatic nitrogens is 4. The van der Waals surface area contributed by atoms with Crippen molar-refractivity contribution in [2.45, 2.75) is 39.0 Å². The summed E-state index contributed by atoms with van der Waals surface area (Å²) in [6, 6.07) is 18.7. The predicted octanol–water partition coefficient (Wildman–Crippen LogP) is 3.28. The van der Waals surface area contributed by atoms with E-state index in [0.29, 0.717) is 41.7 Å². The highest BCUT2D eigenvalue weighted by Crippen LogP contribution is 2.34. The molecule has 0 spiro atoms. The van der Waals surface area contributed by atoms with Crippen molar-refractivity contribution in [3.8, 4) is 17.3 Å². The molecule has 4 aromatic rings. The Morgan fingerprint density at radius 2 is 1.68 bits per heavy atom. The molecule has 1 fully saturated rings. The van der Waals surface area contributed by atoms with Crippen LogP contribution in [0.2, 0.25) is 0 Å². The molecule has 1 saturated heterocycles. The molecule has 2 aromatic heterocycles. The van der Waals surface area contributed by atoms with Crippen LogP contribution in [0.4, 0.5) is 0 Å². The van der Waals surface area contributed by atoms with Gasteiger partial charge in [0.05, 0.1) is 7.11 Å². The highest BCUT2D eigenvalue weighted by Gasteiger charge is 2.23. The molecule has 0 amide bonds. The fourth-order valence-electron chi connectivity index (χ4n) is 4.87. The SMILES string of the molecule is CC(=O)O.CC(=O)O.COc1cc(C(Cc2ccc(C(=N)N)cc2)c2nn(-c3ccccn3)c(=O)[nH]2)ccc1OCCN1CCCC1. The molecule has 0 saturated carbocycles.